The average molecular weight is 485 g/mol. The Kier molecular flexibility index (Phi) is 8.72. The maximum Gasteiger partial charge on any atom is 0.264 e. The van der Waals surface area contributed by atoms with E-state index in [0.29, 0.717) is 30.9 Å². The molecule has 1 aromatic carbocycles. The van der Waals surface area contributed by atoms with E-state index in [2.05, 4.69) is 41.4 Å². The quantitative estimate of drug-likeness (QED) is 0.572. The molecular formula is C26H36N4O3S. The average Bonchev–Trinajstić information content (AvgIpc) is 3.57. The van der Waals surface area contributed by atoms with Gasteiger partial charge in [-0.15, -0.1) is 11.3 Å². The summed E-state index contributed by atoms with van der Waals surface area (Å²) in [4.78, 5) is 31.3. The predicted octanol–water partition coefficient (Wildman–Crippen LogP) is 2.79. The van der Waals surface area contributed by atoms with E-state index in [1.165, 1.54) is 22.5 Å². The van der Waals surface area contributed by atoms with Crippen LogP contribution in [0.25, 0.3) is 0 Å². The third-order valence-corrected chi connectivity index (χ3v) is 7.66. The molecule has 3 N–H and O–H groups in total. The lowest BCUT2D eigenvalue weighted by molar-refractivity contribution is -0.127. The monoisotopic (exact) mass is 484 g/mol. The Morgan fingerprint density at radius 2 is 2.06 bits per heavy atom. The van der Waals surface area contributed by atoms with Crippen LogP contribution < -0.4 is 11.1 Å². The van der Waals surface area contributed by atoms with E-state index < -0.39 is 6.04 Å². The number of benzene rings is 1. The molecule has 3 atom stereocenters. The number of ether oxygens (including phenoxy) is 1. The van der Waals surface area contributed by atoms with Gasteiger partial charge in [0.15, 0.2) is 0 Å². The summed E-state index contributed by atoms with van der Waals surface area (Å²) in [5, 5.41) is 4.82. The topological polar surface area (TPSA) is 87.9 Å². The van der Waals surface area contributed by atoms with Crippen molar-refractivity contribution in [2.75, 3.05) is 32.8 Å². The van der Waals surface area contributed by atoms with E-state index in [0.717, 1.165) is 39.0 Å². The lowest BCUT2D eigenvalue weighted by atomic mass is 9.93. The van der Waals surface area contributed by atoms with Gasteiger partial charge in [0.1, 0.15) is 6.04 Å². The zero-order valence-electron chi connectivity index (χ0n) is 19.9. The van der Waals surface area contributed by atoms with Gasteiger partial charge in [-0.25, -0.2) is 0 Å². The second-order valence-corrected chi connectivity index (χ2v) is 10.2. The number of amides is 2. The lowest BCUT2D eigenvalue weighted by Crippen LogP contribution is -2.58. The molecule has 3 heterocycles. The minimum absolute atomic E-state index is 0.0643. The Morgan fingerprint density at radius 3 is 2.74 bits per heavy atom. The number of likely N-dealkylation sites (tertiary alicyclic amines) is 1. The van der Waals surface area contributed by atoms with Crippen molar-refractivity contribution in [1.29, 1.82) is 0 Å². The molecule has 4 rings (SSSR count). The molecule has 8 heteroatoms. The summed E-state index contributed by atoms with van der Waals surface area (Å²) in [5.74, 6) is -0.182. The Balaban J connectivity index is 1.53. The van der Waals surface area contributed by atoms with Crippen LogP contribution in [0.3, 0.4) is 0 Å². The fourth-order valence-electron chi connectivity index (χ4n) is 4.95. The fourth-order valence-corrected chi connectivity index (χ4v) is 5.62. The maximum absolute atomic E-state index is 13.2. The molecule has 2 unspecified atom stereocenters. The van der Waals surface area contributed by atoms with Crippen LogP contribution in [0.5, 0.6) is 0 Å². The third-order valence-electron chi connectivity index (χ3n) is 6.80. The molecule has 0 aliphatic carbocycles. The molecule has 2 aliphatic heterocycles. The van der Waals surface area contributed by atoms with E-state index >= 15 is 0 Å². The first-order valence-electron chi connectivity index (χ1n) is 12.3. The largest absolute Gasteiger partial charge is 0.377 e. The van der Waals surface area contributed by atoms with Crippen LogP contribution in [0, 0.1) is 6.92 Å². The number of nitrogens with one attached hydrogen (secondary N) is 1. The maximum atomic E-state index is 13.2. The number of piperidine rings is 1. The van der Waals surface area contributed by atoms with E-state index in [1.807, 2.05) is 17.5 Å². The molecule has 2 aliphatic rings. The van der Waals surface area contributed by atoms with Crippen molar-refractivity contribution in [2.24, 2.45) is 5.73 Å². The van der Waals surface area contributed by atoms with E-state index in [9.17, 15) is 9.59 Å². The molecule has 2 amide bonds. The number of thiophene rings is 1. The highest BCUT2D eigenvalue weighted by molar-refractivity contribution is 7.12. The lowest BCUT2D eigenvalue weighted by Gasteiger charge is -2.43. The van der Waals surface area contributed by atoms with Crippen LogP contribution in [0.4, 0.5) is 0 Å². The predicted molar refractivity (Wildman–Crippen MR) is 135 cm³/mol. The summed E-state index contributed by atoms with van der Waals surface area (Å²) in [5.41, 5.74) is 8.12. The summed E-state index contributed by atoms with van der Waals surface area (Å²) in [6.07, 6.45) is 3.82. The van der Waals surface area contributed by atoms with Crippen molar-refractivity contribution in [3.63, 3.8) is 0 Å². The Bertz CT molecular complexity index is 928. The highest BCUT2D eigenvalue weighted by Gasteiger charge is 2.39. The molecule has 2 saturated heterocycles. The first kappa shape index (κ1) is 24.9. The molecule has 184 valence electrons. The summed E-state index contributed by atoms with van der Waals surface area (Å²) >= 11 is 1.42. The fraction of sp³-hybridized carbons (Fsp3) is 0.538. The van der Waals surface area contributed by atoms with Crippen LogP contribution in [0.15, 0.2) is 41.8 Å². The highest BCUT2D eigenvalue weighted by Crippen LogP contribution is 2.28. The Labute approximate surface area is 206 Å². The highest BCUT2D eigenvalue weighted by atomic mass is 32.1. The second-order valence-electron chi connectivity index (χ2n) is 9.30. The molecule has 2 fully saturated rings. The van der Waals surface area contributed by atoms with Crippen LogP contribution >= 0.6 is 11.3 Å². The van der Waals surface area contributed by atoms with Crippen LogP contribution in [0.1, 0.15) is 46.5 Å². The molecule has 7 nitrogen and oxygen atoms in total. The van der Waals surface area contributed by atoms with Crippen LogP contribution in [-0.4, -0.2) is 72.6 Å². The van der Waals surface area contributed by atoms with Crippen molar-refractivity contribution in [3.05, 3.63) is 57.8 Å². The number of nitrogens with two attached hydrogens (primary N) is 1. The standard InChI is InChI=1S/C26H36N4O3S/c1-19-6-8-20(9-7-19)17-29(18-22-4-2-14-33-22)21-10-13-30(26(32)24-5-3-15-34-24)23(16-21)25(31)28-12-11-27/h3,5-9,15,21-23H,2,4,10-14,16-18,27H2,1H3,(H,28,31)/t21?,22?,23-/m1/s1. The van der Waals surface area contributed by atoms with Crippen molar-refractivity contribution in [3.8, 4) is 0 Å². The van der Waals surface area contributed by atoms with Crippen molar-refractivity contribution in [1.82, 2.24) is 15.1 Å². The molecule has 0 spiro atoms. The van der Waals surface area contributed by atoms with E-state index in [1.54, 1.807) is 4.90 Å². The molecule has 2 aromatic rings. The van der Waals surface area contributed by atoms with Gasteiger partial charge >= 0.3 is 0 Å². The molecule has 1 aromatic heterocycles. The molecule has 0 bridgehead atoms. The smallest absolute Gasteiger partial charge is 0.264 e. The number of hydrogen-bond donors (Lipinski definition) is 2. The van der Waals surface area contributed by atoms with Gasteiger partial charge in [-0.1, -0.05) is 35.9 Å². The second kappa shape index (κ2) is 11.9. The number of nitrogens with zero attached hydrogens (tertiary/aromatic N) is 2. The van der Waals surface area contributed by atoms with Gasteiger partial charge in [-0.3, -0.25) is 14.5 Å². The van der Waals surface area contributed by atoms with Gasteiger partial charge in [-0.2, -0.15) is 0 Å². The zero-order chi connectivity index (χ0) is 23.9. The van der Waals surface area contributed by atoms with Gasteiger partial charge in [-0.05, 0) is 49.6 Å². The number of aryl methyl sites for hydroxylation is 1. The van der Waals surface area contributed by atoms with Gasteiger partial charge < -0.3 is 20.7 Å². The molecule has 0 radical (unpaired) electrons. The Hall–Kier alpha value is -2.26. The van der Waals surface area contributed by atoms with Crippen molar-refractivity contribution < 1.29 is 14.3 Å². The van der Waals surface area contributed by atoms with Crippen LogP contribution in [-0.2, 0) is 16.1 Å². The first-order chi connectivity index (χ1) is 16.5. The normalized spacial score (nSPS) is 22.8. The number of hydrogen-bond acceptors (Lipinski definition) is 6. The van der Waals surface area contributed by atoms with E-state index in [-0.39, 0.29) is 24.0 Å². The molecule has 0 saturated carbocycles. The third kappa shape index (κ3) is 6.24. The first-order valence-corrected chi connectivity index (χ1v) is 13.2. The van der Waals surface area contributed by atoms with Gasteiger partial charge in [0.25, 0.3) is 5.91 Å². The molecule has 34 heavy (non-hydrogen) atoms. The van der Waals surface area contributed by atoms with Crippen LogP contribution in [0.2, 0.25) is 0 Å². The number of carbonyl (C=O) groups excluding carboxylic acids is 2. The summed E-state index contributed by atoms with van der Waals surface area (Å²) < 4.78 is 5.97. The summed E-state index contributed by atoms with van der Waals surface area (Å²) in [6, 6.07) is 12.0. The minimum Gasteiger partial charge on any atom is -0.377 e. The minimum atomic E-state index is -0.509. The summed E-state index contributed by atoms with van der Waals surface area (Å²) in [6.45, 7) is 5.90. The zero-order valence-corrected chi connectivity index (χ0v) is 20.8. The van der Waals surface area contributed by atoms with Gasteiger partial charge in [0.05, 0.1) is 11.0 Å². The SMILES string of the molecule is Cc1ccc(CN(CC2CCCO2)C2CCN(C(=O)c3cccs3)[C@@H](C(=O)NCCN)C2)cc1. The molecular weight excluding hydrogens is 448 g/mol. The Morgan fingerprint density at radius 1 is 1.24 bits per heavy atom. The van der Waals surface area contributed by atoms with Crippen molar-refractivity contribution >= 4 is 23.2 Å². The van der Waals surface area contributed by atoms with Gasteiger partial charge in [0, 0.05) is 45.4 Å². The van der Waals surface area contributed by atoms with Gasteiger partial charge in [0.2, 0.25) is 5.91 Å². The van der Waals surface area contributed by atoms with E-state index in [4.69, 9.17) is 10.5 Å². The van der Waals surface area contributed by atoms with Crippen molar-refractivity contribution in [2.45, 2.75) is 57.3 Å². The summed E-state index contributed by atoms with van der Waals surface area (Å²) in [7, 11) is 0. The number of carbonyl (C=O) groups is 2. The number of rotatable bonds is 9.